The molecule has 0 aliphatic carbocycles. The van der Waals surface area contributed by atoms with Crippen LogP contribution in [-0.2, 0) is 10.0 Å². The second kappa shape index (κ2) is 5.38. The highest BCUT2D eigenvalue weighted by Gasteiger charge is 2.23. The second-order valence-corrected chi connectivity index (χ2v) is 7.19. The standard InChI is InChI=1S/C17H14N2O4S/c1-11-5-6-12-3-2-4-16(17(12)18-11)24(20,21)19-13-7-8-14-15(9-13)23-10-22-14/h2-9,19H,10H2,1H3/p+1. The van der Waals surface area contributed by atoms with E-state index >= 15 is 0 Å². The summed E-state index contributed by atoms with van der Waals surface area (Å²) in [6.07, 6.45) is 0. The zero-order chi connectivity index (χ0) is 16.7. The van der Waals surface area contributed by atoms with E-state index < -0.39 is 10.0 Å². The van der Waals surface area contributed by atoms with Crippen LogP contribution in [0.1, 0.15) is 5.69 Å². The van der Waals surface area contributed by atoms with E-state index in [0.29, 0.717) is 22.7 Å². The first-order chi connectivity index (χ1) is 11.5. The minimum Gasteiger partial charge on any atom is -0.454 e. The molecule has 0 bridgehead atoms. The number of pyridine rings is 1. The van der Waals surface area contributed by atoms with E-state index in [0.717, 1.165) is 11.1 Å². The number of aryl methyl sites for hydroxylation is 1. The number of fused-ring (bicyclic) bond motifs is 2. The lowest BCUT2D eigenvalue weighted by Crippen LogP contribution is -2.18. The first-order valence-electron chi connectivity index (χ1n) is 7.37. The molecule has 0 unspecified atom stereocenters. The molecule has 122 valence electrons. The molecule has 0 radical (unpaired) electrons. The Hall–Kier alpha value is -2.80. The summed E-state index contributed by atoms with van der Waals surface area (Å²) in [6.45, 7) is 2.03. The van der Waals surface area contributed by atoms with Gasteiger partial charge in [0.15, 0.2) is 22.1 Å². The third-order valence-electron chi connectivity index (χ3n) is 3.81. The van der Waals surface area contributed by atoms with Crippen LogP contribution in [0.5, 0.6) is 11.5 Å². The quantitative estimate of drug-likeness (QED) is 0.792. The molecule has 0 fully saturated rings. The Morgan fingerprint density at radius 2 is 1.88 bits per heavy atom. The van der Waals surface area contributed by atoms with E-state index in [1.165, 1.54) is 0 Å². The van der Waals surface area contributed by atoms with E-state index in [2.05, 4.69) is 9.71 Å². The summed E-state index contributed by atoms with van der Waals surface area (Å²) in [7, 11) is -3.75. The van der Waals surface area contributed by atoms with Crippen LogP contribution in [0.4, 0.5) is 5.69 Å². The van der Waals surface area contributed by atoms with Crippen LogP contribution in [-0.4, -0.2) is 15.2 Å². The number of hydrogen-bond acceptors (Lipinski definition) is 4. The molecule has 3 aromatic rings. The minimum atomic E-state index is -3.75. The van der Waals surface area contributed by atoms with Gasteiger partial charge in [-0.05, 0) is 30.3 Å². The van der Waals surface area contributed by atoms with Gasteiger partial charge in [0.25, 0.3) is 10.0 Å². The Morgan fingerprint density at radius 3 is 2.75 bits per heavy atom. The van der Waals surface area contributed by atoms with E-state index in [1.807, 2.05) is 25.1 Å². The Bertz CT molecular complexity index is 1050. The SMILES string of the molecule is Cc1ccc2cccc(S(=O)(=O)Nc3ccc4c(c3)OCO4)c2[nH+]1. The number of nitrogens with one attached hydrogen (secondary N) is 2. The zero-order valence-electron chi connectivity index (χ0n) is 12.9. The van der Waals surface area contributed by atoms with E-state index in [1.54, 1.807) is 30.3 Å². The van der Waals surface area contributed by atoms with E-state index in [-0.39, 0.29) is 11.7 Å². The summed E-state index contributed by atoms with van der Waals surface area (Å²) in [4.78, 5) is 3.32. The summed E-state index contributed by atoms with van der Waals surface area (Å²) in [5.74, 6) is 1.13. The number of aromatic amines is 1. The van der Waals surface area contributed by atoms with Gasteiger partial charge in [-0.15, -0.1) is 0 Å². The monoisotopic (exact) mass is 343 g/mol. The molecule has 1 aliphatic heterocycles. The molecule has 0 atom stereocenters. The minimum absolute atomic E-state index is 0.142. The summed E-state index contributed by atoms with van der Waals surface area (Å²) in [5.41, 5.74) is 1.88. The predicted octanol–water partition coefficient (Wildman–Crippen LogP) is 2.49. The molecule has 0 amide bonds. The van der Waals surface area contributed by atoms with Crippen molar-refractivity contribution in [3.05, 3.63) is 54.2 Å². The Morgan fingerprint density at radius 1 is 1.04 bits per heavy atom. The number of benzene rings is 2. The van der Waals surface area contributed by atoms with Gasteiger partial charge in [0.2, 0.25) is 12.3 Å². The third kappa shape index (κ3) is 2.52. The lowest BCUT2D eigenvalue weighted by Gasteiger charge is -2.09. The lowest BCUT2D eigenvalue weighted by atomic mass is 10.2. The van der Waals surface area contributed by atoms with Crippen molar-refractivity contribution in [2.24, 2.45) is 0 Å². The van der Waals surface area contributed by atoms with Gasteiger partial charge in [-0.3, -0.25) is 4.72 Å². The normalized spacial score (nSPS) is 13.2. The van der Waals surface area contributed by atoms with Crippen LogP contribution >= 0.6 is 0 Å². The lowest BCUT2D eigenvalue weighted by molar-refractivity contribution is -0.356. The number of sulfonamides is 1. The zero-order valence-corrected chi connectivity index (χ0v) is 13.7. The first-order valence-corrected chi connectivity index (χ1v) is 8.85. The maximum atomic E-state index is 12.8. The van der Waals surface area contributed by atoms with Crippen LogP contribution in [0, 0.1) is 6.92 Å². The van der Waals surface area contributed by atoms with Gasteiger partial charge >= 0.3 is 0 Å². The van der Waals surface area contributed by atoms with Gasteiger partial charge in [0, 0.05) is 24.4 Å². The molecule has 4 rings (SSSR count). The van der Waals surface area contributed by atoms with Crippen LogP contribution in [0.15, 0.2) is 53.4 Å². The van der Waals surface area contributed by atoms with Crippen molar-refractivity contribution in [1.82, 2.24) is 0 Å². The highest BCUT2D eigenvalue weighted by atomic mass is 32.2. The Balaban J connectivity index is 1.77. The fourth-order valence-electron chi connectivity index (χ4n) is 2.67. The molecule has 24 heavy (non-hydrogen) atoms. The summed E-state index contributed by atoms with van der Waals surface area (Å²) in [5, 5.41) is 0.828. The molecule has 0 saturated heterocycles. The molecule has 6 nitrogen and oxygen atoms in total. The Kier molecular flexibility index (Phi) is 3.31. The largest absolute Gasteiger partial charge is 0.454 e. The second-order valence-electron chi connectivity index (χ2n) is 5.54. The summed E-state index contributed by atoms with van der Waals surface area (Å²) in [6, 6.07) is 13.9. The van der Waals surface area contributed by atoms with Crippen molar-refractivity contribution in [2.45, 2.75) is 11.8 Å². The van der Waals surface area contributed by atoms with Crippen molar-refractivity contribution < 1.29 is 22.9 Å². The fourth-order valence-corrected chi connectivity index (χ4v) is 3.91. The van der Waals surface area contributed by atoms with Gasteiger partial charge in [0.1, 0.15) is 0 Å². The maximum absolute atomic E-state index is 12.8. The molecule has 2 N–H and O–H groups in total. The third-order valence-corrected chi connectivity index (χ3v) is 5.23. The summed E-state index contributed by atoms with van der Waals surface area (Å²) < 4.78 is 38.8. The first kappa shape index (κ1) is 14.8. The van der Waals surface area contributed by atoms with Gasteiger partial charge in [0.05, 0.1) is 5.69 Å². The summed E-state index contributed by atoms with van der Waals surface area (Å²) >= 11 is 0. The molecule has 7 heteroatoms. The molecule has 0 saturated carbocycles. The molecular weight excluding hydrogens is 328 g/mol. The topological polar surface area (TPSA) is 78.8 Å². The van der Waals surface area contributed by atoms with Crippen molar-refractivity contribution in [1.29, 1.82) is 0 Å². The number of H-pyrrole nitrogens is 1. The number of para-hydroxylation sites is 1. The highest BCUT2D eigenvalue weighted by molar-refractivity contribution is 7.93. The van der Waals surface area contributed by atoms with Crippen LogP contribution in [0.25, 0.3) is 10.9 Å². The van der Waals surface area contributed by atoms with E-state index in [9.17, 15) is 8.42 Å². The molecule has 2 heterocycles. The van der Waals surface area contributed by atoms with Crippen LogP contribution in [0.3, 0.4) is 0 Å². The Labute approximate surface area is 139 Å². The average Bonchev–Trinajstić information content (AvgIpc) is 3.01. The molecule has 1 aliphatic rings. The maximum Gasteiger partial charge on any atom is 0.268 e. The van der Waals surface area contributed by atoms with Crippen molar-refractivity contribution in [2.75, 3.05) is 11.5 Å². The fraction of sp³-hybridized carbons (Fsp3) is 0.118. The average molecular weight is 343 g/mol. The predicted molar refractivity (Wildman–Crippen MR) is 88.6 cm³/mol. The number of hydrogen-bond donors (Lipinski definition) is 1. The number of anilines is 1. The number of ether oxygens (including phenoxy) is 2. The van der Waals surface area contributed by atoms with Crippen LogP contribution in [0.2, 0.25) is 0 Å². The molecule has 1 aromatic heterocycles. The van der Waals surface area contributed by atoms with Crippen molar-refractivity contribution in [3.8, 4) is 11.5 Å². The molecular formula is C17H15N2O4S+. The highest BCUT2D eigenvalue weighted by Crippen LogP contribution is 2.35. The van der Waals surface area contributed by atoms with Gasteiger partial charge in [-0.1, -0.05) is 6.07 Å². The smallest absolute Gasteiger partial charge is 0.268 e. The number of aromatic nitrogens is 1. The van der Waals surface area contributed by atoms with Gasteiger partial charge in [-0.2, -0.15) is 0 Å². The van der Waals surface area contributed by atoms with Crippen molar-refractivity contribution >= 4 is 26.6 Å². The van der Waals surface area contributed by atoms with Crippen molar-refractivity contribution in [3.63, 3.8) is 0 Å². The molecule has 0 spiro atoms. The van der Waals surface area contributed by atoms with Gasteiger partial charge < -0.3 is 9.47 Å². The van der Waals surface area contributed by atoms with Gasteiger partial charge in [-0.25, -0.2) is 13.4 Å². The van der Waals surface area contributed by atoms with E-state index in [4.69, 9.17) is 9.47 Å². The number of rotatable bonds is 3. The molecule has 2 aromatic carbocycles. The van der Waals surface area contributed by atoms with Crippen LogP contribution < -0.4 is 19.2 Å².